The highest BCUT2D eigenvalue weighted by atomic mass is 16.6. The second kappa shape index (κ2) is 7.14. The predicted molar refractivity (Wildman–Crippen MR) is 84.2 cm³/mol. The molecule has 0 spiro atoms. The summed E-state index contributed by atoms with van der Waals surface area (Å²) in [6.45, 7) is 11.3. The third-order valence-corrected chi connectivity index (χ3v) is 3.91. The smallest absolute Gasteiger partial charge is 0.161 e. The Hall–Kier alpha value is -1.26. The summed E-state index contributed by atoms with van der Waals surface area (Å²) in [6, 6.07) is 6.29. The van der Waals surface area contributed by atoms with Crippen molar-refractivity contribution in [2.24, 2.45) is 0 Å². The van der Waals surface area contributed by atoms with Crippen molar-refractivity contribution >= 4 is 0 Å². The van der Waals surface area contributed by atoms with Crippen LogP contribution in [0.15, 0.2) is 18.2 Å². The van der Waals surface area contributed by atoms with Crippen molar-refractivity contribution in [3.63, 3.8) is 0 Å². The summed E-state index contributed by atoms with van der Waals surface area (Å²) in [4.78, 5) is 0. The summed E-state index contributed by atoms with van der Waals surface area (Å²) in [7, 11) is 0. The number of likely N-dealkylation sites (N-methyl/N-ethyl adjacent to an activating group) is 1. The van der Waals surface area contributed by atoms with E-state index in [0.717, 1.165) is 24.5 Å². The zero-order valence-electron chi connectivity index (χ0n) is 13.6. The molecule has 21 heavy (non-hydrogen) atoms. The molecule has 1 aromatic carbocycles. The maximum absolute atomic E-state index is 6.06. The Labute approximate surface area is 127 Å². The SMILES string of the molecule is CCNC(COC(C)(C)CC)c1ccc2c(c1)OCCO2. The van der Waals surface area contributed by atoms with Crippen LogP contribution in [-0.2, 0) is 4.74 Å². The fourth-order valence-electron chi connectivity index (χ4n) is 2.21. The molecule has 1 heterocycles. The molecule has 0 fully saturated rings. The number of benzene rings is 1. The van der Waals surface area contributed by atoms with E-state index in [1.165, 1.54) is 5.56 Å². The summed E-state index contributed by atoms with van der Waals surface area (Å²) in [5.41, 5.74) is 1.08. The van der Waals surface area contributed by atoms with E-state index in [4.69, 9.17) is 14.2 Å². The van der Waals surface area contributed by atoms with Gasteiger partial charge in [-0.3, -0.25) is 0 Å². The normalized spacial score (nSPS) is 15.8. The van der Waals surface area contributed by atoms with Crippen molar-refractivity contribution < 1.29 is 14.2 Å². The Morgan fingerprint density at radius 3 is 2.57 bits per heavy atom. The van der Waals surface area contributed by atoms with E-state index >= 15 is 0 Å². The quantitative estimate of drug-likeness (QED) is 0.837. The van der Waals surface area contributed by atoms with Gasteiger partial charge in [0, 0.05) is 0 Å². The lowest BCUT2D eigenvalue weighted by molar-refractivity contribution is -0.0306. The van der Waals surface area contributed by atoms with E-state index in [-0.39, 0.29) is 11.6 Å². The van der Waals surface area contributed by atoms with Crippen LogP contribution in [0.3, 0.4) is 0 Å². The van der Waals surface area contributed by atoms with Gasteiger partial charge in [-0.1, -0.05) is 19.9 Å². The molecule has 4 nitrogen and oxygen atoms in total. The number of hydrogen-bond acceptors (Lipinski definition) is 4. The first-order valence-corrected chi connectivity index (χ1v) is 7.82. The van der Waals surface area contributed by atoms with E-state index in [0.29, 0.717) is 19.8 Å². The van der Waals surface area contributed by atoms with Gasteiger partial charge < -0.3 is 19.5 Å². The van der Waals surface area contributed by atoms with Crippen LogP contribution in [0.25, 0.3) is 0 Å². The van der Waals surface area contributed by atoms with Crippen molar-refractivity contribution in [2.45, 2.75) is 45.8 Å². The van der Waals surface area contributed by atoms with Crippen LogP contribution in [0.2, 0.25) is 0 Å². The average molecular weight is 293 g/mol. The molecule has 0 aliphatic carbocycles. The van der Waals surface area contributed by atoms with E-state index in [2.05, 4.69) is 45.1 Å². The largest absolute Gasteiger partial charge is 0.486 e. The fourth-order valence-corrected chi connectivity index (χ4v) is 2.21. The molecule has 1 atom stereocenters. The second-order valence-corrected chi connectivity index (χ2v) is 5.94. The van der Waals surface area contributed by atoms with Gasteiger partial charge in [0.05, 0.1) is 18.2 Å². The van der Waals surface area contributed by atoms with Crippen molar-refractivity contribution in [1.82, 2.24) is 5.32 Å². The fraction of sp³-hybridized carbons (Fsp3) is 0.647. The highest BCUT2D eigenvalue weighted by Gasteiger charge is 2.21. The second-order valence-electron chi connectivity index (χ2n) is 5.94. The monoisotopic (exact) mass is 293 g/mol. The Balaban J connectivity index is 2.10. The first kappa shape index (κ1) is 16.1. The maximum atomic E-state index is 6.06. The van der Waals surface area contributed by atoms with Crippen LogP contribution in [0, 0.1) is 0 Å². The number of fused-ring (bicyclic) bond motifs is 1. The van der Waals surface area contributed by atoms with Crippen molar-refractivity contribution in [1.29, 1.82) is 0 Å². The van der Waals surface area contributed by atoms with Gasteiger partial charge in [-0.2, -0.15) is 0 Å². The van der Waals surface area contributed by atoms with Crippen LogP contribution in [-0.4, -0.2) is 32.0 Å². The summed E-state index contributed by atoms with van der Waals surface area (Å²) in [5, 5.41) is 3.48. The lowest BCUT2D eigenvalue weighted by atomic mass is 10.0. The lowest BCUT2D eigenvalue weighted by Crippen LogP contribution is -2.31. The molecule has 1 aromatic rings. The lowest BCUT2D eigenvalue weighted by Gasteiger charge is -2.28. The number of hydrogen-bond donors (Lipinski definition) is 1. The first-order valence-electron chi connectivity index (χ1n) is 7.82. The predicted octanol–water partition coefficient (Wildman–Crippen LogP) is 3.31. The van der Waals surface area contributed by atoms with Crippen LogP contribution in [0.4, 0.5) is 0 Å². The zero-order valence-corrected chi connectivity index (χ0v) is 13.6. The van der Waals surface area contributed by atoms with Crippen molar-refractivity contribution in [3.05, 3.63) is 23.8 Å². The Bertz CT molecular complexity index is 459. The van der Waals surface area contributed by atoms with Gasteiger partial charge in [-0.05, 0) is 44.5 Å². The van der Waals surface area contributed by atoms with Crippen molar-refractivity contribution in [3.8, 4) is 11.5 Å². The average Bonchev–Trinajstić information content (AvgIpc) is 2.51. The third-order valence-electron chi connectivity index (χ3n) is 3.91. The maximum Gasteiger partial charge on any atom is 0.161 e. The van der Waals surface area contributed by atoms with Gasteiger partial charge in [0.15, 0.2) is 11.5 Å². The molecule has 118 valence electrons. The Morgan fingerprint density at radius 2 is 1.90 bits per heavy atom. The highest BCUT2D eigenvalue weighted by molar-refractivity contribution is 5.44. The molecule has 2 rings (SSSR count). The standard InChI is InChI=1S/C17H27NO3/c1-5-17(3,4)21-12-14(18-6-2)13-7-8-15-16(11-13)20-10-9-19-15/h7-8,11,14,18H,5-6,9-10,12H2,1-4H3. The molecule has 0 bridgehead atoms. The molecule has 1 unspecified atom stereocenters. The summed E-state index contributed by atoms with van der Waals surface area (Å²) in [5.74, 6) is 1.66. The number of nitrogens with one attached hydrogen (secondary N) is 1. The molecule has 1 N–H and O–H groups in total. The van der Waals surface area contributed by atoms with Crippen LogP contribution < -0.4 is 14.8 Å². The minimum Gasteiger partial charge on any atom is -0.486 e. The molecular formula is C17H27NO3. The first-order chi connectivity index (χ1) is 10.1. The molecule has 0 saturated heterocycles. The Morgan fingerprint density at radius 1 is 1.19 bits per heavy atom. The van der Waals surface area contributed by atoms with E-state index < -0.39 is 0 Å². The number of rotatable bonds is 7. The van der Waals surface area contributed by atoms with Gasteiger partial charge >= 0.3 is 0 Å². The van der Waals surface area contributed by atoms with E-state index in [1.54, 1.807) is 0 Å². The van der Waals surface area contributed by atoms with Crippen LogP contribution in [0.5, 0.6) is 11.5 Å². The molecule has 0 radical (unpaired) electrons. The summed E-state index contributed by atoms with van der Waals surface area (Å²) < 4.78 is 17.3. The van der Waals surface area contributed by atoms with Crippen LogP contribution >= 0.6 is 0 Å². The minimum atomic E-state index is -0.0957. The van der Waals surface area contributed by atoms with Gasteiger partial charge in [-0.25, -0.2) is 0 Å². The van der Waals surface area contributed by atoms with E-state index in [9.17, 15) is 0 Å². The summed E-state index contributed by atoms with van der Waals surface area (Å²) >= 11 is 0. The zero-order chi connectivity index (χ0) is 15.3. The molecular weight excluding hydrogens is 266 g/mol. The van der Waals surface area contributed by atoms with Gasteiger partial charge in [0.2, 0.25) is 0 Å². The van der Waals surface area contributed by atoms with Crippen LogP contribution in [0.1, 0.15) is 45.7 Å². The molecule has 0 aromatic heterocycles. The number of ether oxygens (including phenoxy) is 3. The Kier molecular flexibility index (Phi) is 5.48. The van der Waals surface area contributed by atoms with Gasteiger partial charge in [0.25, 0.3) is 0 Å². The molecule has 1 aliphatic heterocycles. The minimum absolute atomic E-state index is 0.0957. The van der Waals surface area contributed by atoms with Gasteiger partial charge in [0.1, 0.15) is 13.2 Å². The van der Waals surface area contributed by atoms with Gasteiger partial charge in [-0.15, -0.1) is 0 Å². The topological polar surface area (TPSA) is 39.7 Å². The third kappa shape index (κ3) is 4.35. The summed E-state index contributed by atoms with van der Waals surface area (Å²) in [6.07, 6.45) is 0.993. The van der Waals surface area contributed by atoms with Crippen molar-refractivity contribution in [2.75, 3.05) is 26.4 Å². The molecule has 0 saturated carbocycles. The molecule has 0 amide bonds. The molecule has 1 aliphatic rings. The van der Waals surface area contributed by atoms with E-state index in [1.807, 2.05) is 6.07 Å². The highest BCUT2D eigenvalue weighted by Crippen LogP contribution is 2.33. The molecule has 4 heteroatoms.